The highest BCUT2D eigenvalue weighted by molar-refractivity contribution is 7.89. The molecule has 0 aliphatic rings. The number of carbonyl (C=O) groups is 1. The third kappa shape index (κ3) is 4.30. The molecular formula is C21H24N4O5S. The van der Waals surface area contributed by atoms with E-state index >= 15 is 0 Å². The highest BCUT2D eigenvalue weighted by Crippen LogP contribution is 2.19. The second-order valence-electron chi connectivity index (χ2n) is 6.81. The van der Waals surface area contributed by atoms with Crippen molar-refractivity contribution in [3.63, 3.8) is 0 Å². The highest BCUT2D eigenvalue weighted by atomic mass is 32.2. The standard InChI is InChI=1S/C21H24N4O5S/c1-4-24(5-2)31(29,30)16-10-8-15(9-11-16)22-19(26)14-7-12-17-18(13-14)23-21(28)25(6-3)20(17)27/h7-13H,4-6H2,1-3H3,(H,22,26)(H,23,28). The van der Waals surface area contributed by atoms with E-state index in [2.05, 4.69) is 10.3 Å². The Morgan fingerprint density at radius 2 is 1.68 bits per heavy atom. The molecule has 2 aromatic carbocycles. The van der Waals surface area contributed by atoms with Crippen LogP contribution in [0.5, 0.6) is 0 Å². The van der Waals surface area contributed by atoms with E-state index < -0.39 is 27.2 Å². The number of rotatable bonds is 7. The first-order chi connectivity index (χ1) is 14.7. The lowest BCUT2D eigenvalue weighted by atomic mass is 10.1. The Balaban J connectivity index is 1.86. The van der Waals surface area contributed by atoms with E-state index in [1.807, 2.05) is 0 Å². The average molecular weight is 445 g/mol. The van der Waals surface area contributed by atoms with Gasteiger partial charge in [0, 0.05) is 30.9 Å². The topological polar surface area (TPSA) is 121 Å². The molecule has 0 bridgehead atoms. The van der Waals surface area contributed by atoms with Crippen molar-refractivity contribution in [3.05, 3.63) is 68.9 Å². The lowest BCUT2D eigenvalue weighted by Gasteiger charge is -2.18. The van der Waals surface area contributed by atoms with Crippen LogP contribution in [0, 0.1) is 0 Å². The van der Waals surface area contributed by atoms with Crippen LogP contribution in [0.2, 0.25) is 0 Å². The fourth-order valence-electron chi connectivity index (χ4n) is 3.31. The molecule has 1 heterocycles. The van der Waals surface area contributed by atoms with Crippen LogP contribution in [0.25, 0.3) is 10.9 Å². The fourth-order valence-corrected chi connectivity index (χ4v) is 4.77. The largest absolute Gasteiger partial charge is 0.328 e. The molecular weight excluding hydrogens is 420 g/mol. The molecule has 0 radical (unpaired) electrons. The van der Waals surface area contributed by atoms with Gasteiger partial charge in [-0.05, 0) is 49.4 Å². The van der Waals surface area contributed by atoms with Crippen LogP contribution in [0.15, 0.2) is 56.9 Å². The third-order valence-electron chi connectivity index (χ3n) is 5.02. The van der Waals surface area contributed by atoms with Crippen molar-refractivity contribution in [1.82, 2.24) is 13.9 Å². The van der Waals surface area contributed by atoms with Gasteiger partial charge in [-0.3, -0.25) is 14.2 Å². The number of aromatic nitrogens is 2. The Kier molecular flexibility index (Phi) is 6.42. The summed E-state index contributed by atoms with van der Waals surface area (Å²) >= 11 is 0. The van der Waals surface area contributed by atoms with E-state index in [-0.39, 0.29) is 22.5 Å². The lowest BCUT2D eigenvalue weighted by molar-refractivity contribution is 0.102. The van der Waals surface area contributed by atoms with Crippen molar-refractivity contribution < 1.29 is 13.2 Å². The number of hydrogen-bond donors (Lipinski definition) is 2. The Morgan fingerprint density at radius 1 is 1.03 bits per heavy atom. The summed E-state index contributed by atoms with van der Waals surface area (Å²) in [7, 11) is -3.58. The van der Waals surface area contributed by atoms with Gasteiger partial charge in [0.25, 0.3) is 11.5 Å². The summed E-state index contributed by atoms with van der Waals surface area (Å²) in [5, 5.41) is 3.00. The average Bonchev–Trinajstić information content (AvgIpc) is 2.74. The number of benzene rings is 2. The molecule has 0 atom stereocenters. The second kappa shape index (κ2) is 8.86. The number of hydrogen-bond acceptors (Lipinski definition) is 5. The van der Waals surface area contributed by atoms with E-state index in [1.165, 1.54) is 46.8 Å². The number of amides is 1. The quantitative estimate of drug-likeness (QED) is 0.577. The summed E-state index contributed by atoms with van der Waals surface area (Å²) in [6.07, 6.45) is 0. The minimum atomic E-state index is -3.58. The molecule has 1 aromatic heterocycles. The number of anilines is 1. The van der Waals surface area contributed by atoms with Crippen molar-refractivity contribution in [3.8, 4) is 0 Å². The van der Waals surface area contributed by atoms with Gasteiger partial charge in [-0.25, -0.2) is 13.2 Å². The summed E-state index contributed by atoms with van der Waals surface area (Å²) in [6.45, 7) is 6.21. The summed E-state index contributed by atoms with van der Waals surface area (Å²) in [5.41, 5.74) is -0.0242. The Bertz CT molecular complexity index is 1340. The molecule has 0 saturated heterocycles. The van der Waals surface area contributed by atoms with E-state index in [4.69, 9.17) is 0 Å². The number of fused-ring (bicyclic) bond motifs is 1. The normalized spacial score (nSPS) is 11.7. The monoisotopic (exact) mass is 444 g/mol. The molecule has 10 heteroatoms. The van der Waals surface area contributed by atoms with E-state index in [0.29, 0.717) is 24.2 Å². The predicted molar refractivity (Wildman–Crippen MR) is 119 cm³/mol. The summed E-state index contributed by atoms with van der Waals surface area (Å²) in [6, 6.07) is 10.3. The second-order valence-corrected chi connectivity index (χ2v) is 8.75. The Labute approximate surface area is 179 Å². The Morgan fingerprint density at radius 3 is 2.26 bits per heavy atom. The molecule has 0 fully saturated rings. The first-order valence-corrected chi connectivity index (χ1v) is 11.3. The number of H-pyrrole nitrogens is 1. The van der Waals surface area contributed by atoms with Crippen LogP contribution in [-0.2, 0) is 16.6 Å². The SMILES string of the molecule is CCN(CC)S(=O)(=O)c1ccc(NC(=O)c2ccc3c(=O)n(CC)c(=O)[nH]c3c2)cc1. The van der Waals surface area contributed by atoms with Crippen LogP contribution in [0.1, 0.15) is 31.1 Å². The van der Waals surface area contributed by atoms with Crippen LogP contribution < -0.4 is 16.6 Å². The number of nitrogens with one attached hydrogen (secondary N) is 2. The lowest BCUT2D eigenvalue weighted by Crippen LogP contribution is -2.34. The zero-order valence-electron chi connectivity index (χ0n) is 17.5. The van der Waals surface area contributed by atoms with Crippen LogP contribution in [-0.4, -0.2) is 41.3 Å². The molecule has 1 amide bonds. The maximum Gasteiger partial charge on any atom is 0.328 e. The summed E-state index contributed by atoms with van der Waals surface area (Å²) in [4.78, 5) is 39.7. The first kappa shape index (κ1) is 22.4. The maximum atomic E-state index is 12.6. The van der Waals surface area contributed by atoms with Gasteiger partial charge in [-0.15, -0.1) is 0 Å². The third-order valence-corrected chi connectivity index (χ3v) is 7.08. The molecule has 0 unspecified atom stereocenters. The van der Waals surface area contributed by atoms with Gasteiger partial charge in [-0.2, -0.15) is 4.31 Å². The van der Waals surface area contributed by atoms with Crippen molar-refractivity contribution in [2.45, 2.75) is 32.2 Å². The molecule has 31 heavy (non-hydrogen) atoms. The van der Waals surface area contributed by atoms with Gasteiger partial charge in [0.2, 0.25) is 10.0 Å². The van der Waals surface area contributed by atoms with Crippen LogP contribution in [0.3, 0.4) is 0 Å². The van der Waals surface area contributed by atoms with Crippen LogP contribution in [0.4, 0.5) is 5.69 Å². The molecule has 0 aliphatic heterocycles. The molecule has 3 rings (SSSR count). The summed E-state index contributed by atoms with van der Waals surface area (Å²) in [5.74, 6) is -0.457. The predicted octanol–water partition coefficient (Wildman–Crippen LogP) is 1.99. The van der Waals surface area contributed by atoms with Gasteiger partial charge >= 0.3 is 5.69 Å². The van der Waals surface area contributed by atoms with Gasteiger partial charge in [0.15, 0.2) is 0 Å². The number of aromatic amines is 1. The first-order valence-electron chi connectivity index (χ1n) is 9.91. The molecule has 3 aromatic rings. The van der Waals surface area contributed by atoms with Crippen molar-refractivity contribution >= 4 is 32.5 Å². The molecule has 2 N–H and O–H groups in total. The van der Waals surface area contributed by atoms with Gasteiger partial charge in [-0.1, -0.05) is 13.8 Å². The van der Waals surface area contributed by atoms with Gasteiger partial charge in [0.05, 0.1) is 15.8 Å². The zero-order valence-corrected chi connectivity index (χ0v) is 18.3. The number of sulfonamides is 1. The van der Waals surface area contributed by atoms with Crippen molar-refractivity contribution in [1.29, 1.82) is 0 Å². The number of nitrogens with zero attached hydrogens (tertiary/aromatic N) is 2. The van der Waals surface area contributed by atoms with Gasteiger partial charge < -0.3 is 10.3 Å². The fraction of sp³-hybridized carbons (Fsp3) is 0.286. The maximum absolute atomic E-state index is 12.6. The van der Waals surface area contributed by atoms with E-state index in [1.54, 1.807) is 20.8 Å². The molecule has 164 valence electrons. The van der Waals surface area contributed by atoms with Crippen molar-refractivity contribution in [2.75, 3.05) is 18.4 Å². The molecule has 9 nitrogen and oxygen atoms in total. The summed E-state index contributed by atoms with van der Waals surface area (Å²) < 4.78 is 27.5. The van der Waals surface area contributed by atoms with Crippen LogP contribution >= 0.6 is 0 Å². The highest BCUT2D eigenvalue weighted by Gasteiger charge is 2.21. The minimum Gasteiger partial charge on any atom is -0.322 e. The Hall–Kier alpha value is -3.24. The molecule has 0 spiro atoms. The van der Waals surface area contributed by atoms with E-state index in [0.717, 1.165) is 4.57 Å². The number of carbonyl (C=O) groups excluding carboxylic acids is 1. The zero-order chi connectivity index (χ0) is 22.8. The molecule has 0 aliphatic carbocycles. The van der Waals surface area contributed by atoms with E-state index in [9.17, 15) is 22.8 Å². The minimum absolute atomic E-state index is 0.143. The van der Waals surface area contributed by atoms with Crippen molar-refractivity contribution in [2.24, 2.45) is 0 Å². The molecule has 0 saturated carbocycles. The smallest absolute Gasteiger partial charge is 0.322 e. The van der Waals surface area contributed by atoms with Gasteiger partial charge in [0.1, 0.15) is 0 Å².